The second-order valence-electron chi connectivity index (χ2n) is 5.56. The fraction of sp³-hybridized carbons (Fsp3) is 0.533. The van der Waals surface area contributed by atoms with Gasteiger partial charge in [0, 0.05) is 12.5 Å². The lowest BCUT2D eigenvalue weighted by Gasteiger charge is -2.16. The Morgan fingerprint density at radius 1 is 1.33 bits per heavy atom. The van der Waals surface area contributed by atoms with E-state index in [1.807, 2.05) is 6.07 Å². The minimum atomic E-state index is 0.0571. The lowest BCUT2D eigenvalue weighted by molar-refractivity contribution is -0.122. The summed E-state index contributed by atoms with van der Waals surface area (Å²) in [6.07, 6.45) is 4.95. The van der Waals surface area contributed by atoms with Gasteiger partial charge in [-0.15, -0.1) is 0 Å². The molecule has 0 radical (unpaired) electrons. The molecule has 18 heavy (non-hydrogen) atoms. The van der Waals surface area contributed by atoms with E-state index >= 15 is 0 Å². The van der Waals surface area contributed by atoms with Crippen molar-refractivity contribution in [3.63, 3.8) is 0 Å². The molecule has 3 nitrogen and oxygen atoms in total. The van der Waals surface area contributed by atoms with Crippen LogP contribution in [0, 0.1) is 5.92 Å². The lowest BCUT2D eigenvalue weighted by atomic mass is 10.1. The van der Waals surface area contributed by atoms with Gasteiger partial charge in [0.15, 0.2) is 0 Å². The number of carbonyl (C=O) groups excluding carboxylic acids is 1. The van der Waals surface area contributed by atoms with Crippen LogP contribution in [-0.4, -0.2) is 11.9 Å². The monoisotopic (exact) mass is 244 g/mol. The number of nitrogens with two attached hydrogens (primary N) is 1. The van der Waals surface area contributed by atoms with E-state index in [9.17, 15) is 4.79 Å². The van der Waals surface area contributed by atoms with Crippen LogP contribution in [0.2, 0.25) is 0 Å². The summed E-state index contributed by atoms with van der Waals surface area (Å²) in [6, 6.07) is 8.62. The average Bonchev–Trinajstić information content (AvgIpc) is 3.14. The number of amides is 1. The topological polar surface area (TPSA) is 55.1 Å². The van der Waals surface area contributed by atoms with E-state index in [4.69, 9.17) is 5.73 Å². The van der Waals surface area contributed by atoms with Crippen LogP contribution in [0.3, 0.4) is 0 Å². The largest absolute Gasteiger partial charge is 0.349 e. The highest BCUT2D eigenvalue weighted by Gasteiger charge is 2.31. The molecule has 1 saturated carbocycles. The molecule has 2 unspecified atom stereocenters. The van der Waals surface area contributed by atoms with Crippen LogP contribution in [0.4, 0.5) is 0 Å². The summed E-state index contributed by atoms with van der Waals surface area (Å²) in [6.45, 7) is 0. The highest BCUT2D eigenvalue weighted by molar-refractivity contribution is 5.77. The minimum absolute atomic E-state index is 0.0571. The maximum atomic E-state index is 12.0. The molecule has 0 aromatic heterocycles. The SMILES string of the molecule is NC(CC(=O)NC1CCc2ccccc21)C1CC1. The van der Waals surface area contributed by atoms with Crippen LogP contribution in [0.5, 0.6) is 0 Å². The Balaban J connectivity index is 1.58. The summed E-state index contributed by atoms with van der Waals surface area (Å²) >= 11 is 0. The van der Waals surface area contributed by atoms with Crippen molar-refractivity contribution in [3.05, 3.63) is 35.4 Å². The quantitative estimate of drug-likeness (QED) is 0.850. The van der Waals surface area contributed by atoms with Gasteiger partial charge in [-0.05, 0) is 42.7 Å². The van der Waals surface area contributed by atoms with Crippen LogP contribution in [0.25, 0.3) is 0 Å². The molecule has 1 amide bonds. The van der Waals surface area contributed by atoms with E-state index < -0.39 is 0 Å². The molecule has 1 aromatic carbocycles. The summed E-state index contributed by atoms with van der Waals surface area (Å²) in [7, 11) is 0. The Morgan fingerprint density at radius 3 is 2.89 bits per heavy atom. The molecule has 1 aromatic rings. The first-order valence-electron chi connectivity index (χ1n) is 6.87. The van der Waals surface area contributed by atoms with Gasteiger partial charge >= 0.3 is 0 Å². The predicted molar refractivity (Wildman–Crippen MR) is 71.0 cm³/mol. The molecule has 3 rings (SSSR count). The molecule has 3 N–H and O–H groups in total. The first-order valence-corrected chi connectivity index (χ1v) is 6.87. The molecule has 0 bridgehead atoms. The van der Waals surface area contributed by atoms with Crippen molar-refractivity contribution >= 4 is 5.91 Å². The zero-order valence-corrected chi connectivity index (χ0v) is 10.6. The van der Waals surface area contributed by atoms with Crippen molar-refractivity contribution in [2.75, 3.05) is 0 Å². The van der Waals surface area contributed by atoms with E-state index in [2.05, 4.69) is 23.5 Å². The number of fused-ring (bicyclic) bond motifs is 1. The smallest absolute Gasteiger partial charge is 0.222 e. The molecule has 1 fully saturated rings. The van der Waals surface area contributed by atoms with E-state index in [-0.39, 0.29) is 18.0 Å². The van der Waals surface area contributed by atoms with Crippen molar-refractivity contribution in [3.8, 4) is 0 Å². The third-order valence-electron chi connectivity index (χ3n) is 4.12. The maximum absolute atomic E-state index is 12.0. The second kappa shape index (κ2) is 4.73. The van der Waals surface area contributed by atoms with Crippen molar-refractivity contribution < 1.29 is 4.79 Å². The minimum Gasteiger partial charge on any atom is -0.349 e. The maximum Gasteiger partial charge on any atom is 0.222 e. The van der Waals surface area contributed by atoms with E-state index in [1.165, 1.54) is 24.0 Å². The molecule has 0 aliphatic heterocycles. The Kier molecular flexibility index (Phi) is 3.08. The van der Waals surface area contributed by atoms with Crippen LogP contribution >= 0.6 is 0 Å². The van der Waals surface area contributed by atoms with Gasteiger partial charge in [-0.2, -0.15) is 0 Å². The zero-order valence-electron chi connectivity index (χ0n) is 10.6. The van der Waals surface area contributed by atoms with Gasteiger partial charge in [0.25, 0.3) is 0 Å². The molecular weight excluding hydrogens is 224 g/mol. The number of aryl methyl sites for hydroxylation is 1. The summed E-state index contributed by atoms with van der Waals surface area (Å²) in [5, 5.41) is 3.13. The van der Waals surface area contributed by atoms with Gasteiger partial charge in [-0.1, -0.05) is 24.3 Å². The number of carbonyl (C=O) groups is 1. The molecule has 0 heterocycles. The fourth-order valence-electron chi connectivity index (χ4n) is 2.87. The molecule has 0 saturated heterocycles. The van der Waals surface area contributed by atoms with Crippen molar-refractivity contribution in [1.29, 1.82) is 0 Å². The van der Waals surface area contributed by atoms with Crippen molar-refractivity contribution in [1.82, 2.24) is 5.32 Å². The standard InChI is InChI=1S/C15H20N2O/c16-13(11-5-6-11)9-15(18)17-14-8-7-10-3-1-2-4-12(10)14/h1-4,11,13-14H,5-9,16H2,(H,17,18). The Hall–Kier alpha value is -1.35. The van der Waals surface area contributed by atoms with Gasteiger partial charge in [-0.3, -0.25) is 4.79 Å². The number of hydrogen-bond acceptors (Lipinski definition) is 2. The molecule has 3 heteroatoms. The van der Waals surface area contributed by atoms with Crippen LogP contribution < -0.4 is 11.1 Å². The average molecular weight is 244 g/mol. The molecule has 2 aliphatic carbocycles. The molecule has 2 aliphatic rings. The van der Waals surface area contributed by atoms with E-state index in [1.54, 1.807) is 0 Å². The Labute approximate surface area is 108 Å². The van der Waals surface area contributed by atoms with Gasteiger partial charge in [-0.25, -0.2) is 0 Å². The highest BCUT2D eigenvalue weighted by atomic mass is 16.1. The number of rotatable bonds is 4. The molecular formula is C15H20N2O. The Bertz CT molecular complexity index is 454. The first kappa shape index (κ1) is 11.7. The van der Waals surface area contributed by atoms with Crippen LogP contribution in [-0.2, 0) is 11.2 Å². The van der Waals surface area contributed by atoms with Gasteiger partial charge < -0.3 is 11.1 Å². The number of nitrogens with one attached hydrogen (secondary N) is 1. The van der Waals surface area contributed by atoms with Crippen LogP contribution in [0.15, 0.2) is 24.3 Å². The summed E-state index contributed by atoms with van der Waals surface area (Å²) in [5.41, 5.74) is 8.64. The second-order valence-corrected chi connectivity index (χ2v) is 5.56. The molecule has 96 valence electrons. The lowest BCUT2D eigenvalue weighted by Crippen LogP contribution is -2.34. The summed E-state index contributed by atoms with van der Waals surface area (Å²) in [4.78, 5) is 12.0. The third kappa shape index (κ3) is 2.41. The number of benzene rings is 1. The zero-order chi connectivity index (χ0) is 12.5. The predicted octanol–water partition coefficient (Wildman–Crippen LogP) is 1.92. The fourth-order valence-corrected chi connectivity index (χ4v) is 2.87. The normalized spacial score (nSPS) is 23.5. The Morgan fingerprint density at radius 2 is 2.11 bits per heavy atom. The first-order chi connectivity index (χ1) is 8.74. The highest BCUT2D eigenvalue weighted by Crippen LogP contribution is 2.33. The molecule has 0 spiro atoms. The number of hydrogen-bond donors (Lipinski definition) is 2. The van der Waals surface area contributed by atoms with Gasteiger partial charge in [0.05, 0.1) is 6.04 Å². The van der Waals surface area contributed by atoms with Crippen molar-refractivity contribution in [2.24, 2.45) is 11.7 Å². The van der Waals surface area contributed by atoms with Gasteiger partial charge in [0.1, 0.15) is 0 Å². The third-order valence-corrected chi connectivity index (χ3v) is 4.12. The summed E-state index contributed by atoms with van der Waals surface area (Å²) < 4.78 is 0. The van der Waals surface area contributed by atoms with E-state index in [0.717, 1.165) is 12.8 Å². The molecule has 2 atom stereocenters. The summed E-state index contributed by atoms with van der Waals surface area (Å²) in [5.74, 6) is 0.697. The van der Waals surface area contributed by atoms with Gasteiger partial charge in [0.2, 0.25) is 5.91 Å². The van der Waals surface area contributed by atoms with Crippen molar-refractivity contribution in [2.45, 2.75) is 44.2 Å². The van der Waals surface area contributed by atoms with Crippen LogP contribution in [0.1, 0.15) is 42.9 Å². The van der Waals surface area contributed by atoms with E-state index in [0.29, 0.717) is 12.3 Å².